The first-order valence-corrected chi connectivity index (χ1v) is 26.3. The third-order valence-corrected chi connectivity index (χ3v) is 13.2. The highest BCUT2D eigenvalue weighted by atomic mass is 19.4. The first-order valence-electron chi connectivity index (χ1n) is 26.3. The number of ketones is 2. The van der Waals surface area contributed by atoms with Gasteiger partial charge in [0.2, 0.25) is 11.6 Å². The van der Waals surface area contributed by atoms with Gasteiger partial charge in [-0.1, -0.05) is 54.6 Å². The number of hydrogen-bond acceptors (Lipinski definition) is 15. The molecule has 442 valence electrons. The van der Waals surface area contributed by atoms with E-state index in [1.54, 1.807) is 97.4 Å². The lowest BCUT2D eigenvalue weighted by Gasteiger charge is -2.14. The van der Waals surface area contributed by atoms with Gasteiger partial charge in [-0.05, 0) is 110 Å². The van der Waals surface area contributed by atoms with E-state index in [0.29, 0.717) is 16.6 Å². The number of esters is 2. The molecule has 0 aliphatic carbocycles. The van der Waals surface area contributed by atoms with Gasteiger partial charge in [-0.2, -0.15) is 13.2 Å². The van der Waals surface area contributed by atoms with Crippen LogP contribution in [0.2, 0.25) is 0 Å². The molecule has 5 amide bonds. The highest BCUT2D eigenvalue weighted by Crippen LogP contribution is 2.33. The van der Waals surface area contributed by atoms with Gasteiger partial charge in [0.1, 0.15) is 18.1 Å². The zero-order chi connectivity index (χ0) is 61.9. The molecule has 0 atom stereocenters. The monoisotopic (exact) mass is 1190 g/mol. The van der Waals surface area contributed by atoms with Crippen molar-refractivity contribution in [1.29, 1.82) is 0 Å². The van der Waals surface area contributed by atoms with Crippen LogP contribution in [0.1, 0.15) is 84.8 Å². The topological polar surface area (TPSA) is 298 Å². The largest absolute Gasteiger partial charge is 0.484 e. The number of anilines is 4. The highest BCUT2D eigenvalue weighted by molar-refractivity contribution is 6.16. The van der Waals surface area contributed by atoms with Crippen LogP contribution in [0.4, 0.5) is 36.1 Å². The molecule has 0 aliphatic rings. The van der Waals surface area contributed by atoms with Gasteiger partial charge in [0.05, 0.1) is 46.3 Å². The van der Waals surface area contributed by atoms with Crippen molar-refractivity contribution in [2.24, 2.45) is 0 Å². The van der Waals surface area contributed by atoms with Crippen LogP contribution in [-0.4, -0.2) is 106 Å². The summed E-state index contributed by atoms with van der Waals surface area (Å²) in [7, 11) is 1.19. The molecule has 9 aromatic rings. The molecule has 0 unspecified atom stereocenters. The van der Waals surface area contributed by atoms with Crippen LogP contribution in [-0.2, 0) is 30.5 Å². The number of imidazole rings is 1. The van der Waals surface area contributed by atoms with Crippen molar-refractivity contribution in [2.75, 3.05) is 55.1 Å². The van der Waals surface area contributed by atoms with Crippen molar-refractivity contribution in [3.63, 3.8) is 0 Å². The molecule has 7 N–H and O–H groups in total. The van der Waals surface area contributed by atoms with Crippen LogP contribution in [0, 0.1) is 6.92 Å². The molecule has 22 nitrogen and oxygen atoms in total. The van der Waals surface area contributed by atoms with Crippen molar-refractivity contribution >= 4 is 87.0 Å². The van der Waals surface area contributed by atoms with E-state index in [2.05, 4.69) is 26.3 Å². The summed E-state index contributed by atoms with van der Waals surface area (Å²) >= 11 is 0. The summed E-state index contributed by atoms with van der Waals surface area (Å²) in [5, 5.41) is 12.5. The predicted octanol–water partition coefficient (Wildman–Crippen LogP) is 7.78. The molecule has 5 aromatic carbocycles. The molecule has 87 heavy (non-hydrogen) atoms. The number of nitrogens with zero attached hydrogens (tertiary/aromatic N) is 3. The number of halogens is 3. The summed E-state index contributed by atoms with van der Waals surface area (Å²) in [6, 6.07) is 37.6. The Bertz CT molecular complexity index is 4200. The van der Waals surface area contributed by atoms with Crippen molar-refractivity contribution < 1.29 is 75.3 Å². The number of ether oxygens (including phenoxy) is 4. The van der Waals surface area contributed by atoms with Crippen LogP contribution in [0.5, 0.6) is 11.5 Å². The number of pyridine rings is 2. The first kappa shape index (κ1) is 60.0. The fourth-order valence-corrected chi connectivity index (χ4v) is 8.89. The summed E-state index contributed by atoms with van der Waals surface area (Å²) in [5.74, 6) is -7.44. The Balaban J connectivity index is 0.757. The molecule has 0 saturated heterocycles. The van der Waals surface area contributed by atoms with Gasteiger partial charge in [0.15, 0.2) is 24.9 Å². The van der Waals surface area contributed by atoms with E-state index in [1.807, 2.05) is 0 Å². The summed E-state index contributed by atoms with van der Waals surface area (Å²) in [6.45, 7) is 0.389. The lowest BCUT2D eigenvalue weighted by molar-refractivity contribution is -0.167. The molecular formula is C62H50F3N9O13. The lowest BCUT2D eigenvalue weighted by Crippen LogP contribution is -2.38. The summed E-state index contributed by atoms with van der Waals surface area (Å²) < 4.78 is 64.4. The second-order valence-electron chi connectivity index (χ2n) is 19.0. The number of carbonyl (C=O) groups is 9. The maximum absolute atomic E-state index is 14.4. The van der Waals surface area contributed by atoms with Crippen LogP contribution in [0.3, 0.4) is 0 Å². The van der Waals surface area contributed by atoms with E-state index in [4.69, 9.17) is 24.7 Å². The third-order valence-electron chi connectivity index (χ3n) is 13.2. The number of hydrogen-bond donors (Lipinski definition) is 6. The fourth-order valence-electron chi connectivity index (χ4n) is 8.89. The number of aromatic nitrogens is 3. The number of rotatable bonds is 22. The second-order valence-corrected chi connectivity index (χ2v) is 19.0. The van der Waals surface area contributed by atoms with Gasteiger partial charge in [-0.25, -0.2) is 14.6 Å². The van der Waals surface area contributed by atoms with Gasteiger partial charge < -0.3 is 55.7 Å². The molecule has 0 radical (unpaired) electrons. The fraction of sp³-hybridized carbons (Fsp3) is 0.129. The standard InChI is InChI=1S/C62H50F3N9O13/c1-35-51(47-18-6-8-26-73(47)52(35)53(77)37-21-23-46(69-61(83)62(63,64)65)44(31-37)60(82)87-32-36-12-4-3-5-13-36)70-57(79)39-14-10-16-41(28-39)85-33-49(75)67-24-25-68-50(76)34-86-42-17-11-15-40(29-42)58(80)72-55-48-19-7-9-27-74(48)56(71-55)54(78)38-20-22-45(66)43(30-38)59(81)84-2/h3-23,26-31H,24-25,32-34,66H2,1-2H3,(H,67,75)(H,68,76)(H,69,83)(H,70,79)(H,72,80). The number of fused-ring (bicyclic) bond motifs is 2. The number of amides is 5. The van der Waals surface area contributed by atoms with Crippen LogP contribution >= 0.6 is 0 Å². The van der Waals surface area contributed by atoms with Crippen molar-refractivity contribution in [3.8, 4) is 11.5 Å². The van der Waals surface area contributed by atoms with Gasteiger partial charge in [0, 0.05) is 59.0 Å². The second kappa shape index (κ2) is 26.3. The SMILES string of the molecule is COC(=O)c1cc(C(=O)c2nc(NC(=O)c3cccc(OCC(=O)NCCNC(=O)COc4cccc(C(=O)Nc5c(C)c(C(=O)c6ccc(NC(=O)C(F)(F)F)c(C(=O)OCc7ccccc7)c6)n6ccccc56)c4)c3)c3ccccn23)ccc1N. The van der Waals surface area contributed by atoms with E-state index in [-0.39, 0.29) is 93.3 Å². The molecular weight excluding hydrogens is 1140 g/mol. The number of carbonyl (C=O) groups excluding carboxylic acids is 9. The van der Waals surface area contributed by atoms with Crippen molar-refractivity contribution in [2.45, 2.75) is 19.7 Å². The minimum atomic E-state index is -5.30. The molecule has 0 fully saturated rings. The Labute approximate surface area is 491 Å². The molecule has 0 aliphatic heterocycles. The highest BCUT2D eigenvalue weighted by Gasteiger charge is 2.39. The molecule has 25 heteroatoms. The minimum Gasteiger partial charge on any atom is -0.484 e. The Kier molecular flexibility index (Phi) is 18.1. The Morgan fingerprint density at radius 3 is 1.78 bits per heavy atom. The van der Waals surface area contributed by atoms with E-state index in [1.165, 1.54) is 76.6 Å². The van der Waals surface area contributed by atoms with E-state index < -0.39 is 83.7 Å². The molecule has 4 heterocycles. The van der Waals surface area contributed by atoms with E-state index in [0.717, 1.165) is 18.2 Å². The van der Waals surface area contributed by atoms with Crippen molar-refractivity contribution in [3.05, 3.63) is 220 Å². The van der Waals surface area contributed by atoms with Crippen LogP contribution in [0.25, 0.3) is 11.0 Å². The summed E-state index contributed by atoms with van der Waals surface area (Å²) in [6.07, 6.45) is -2.15. The Morgan fingerprint density at radius 1 is 0.575 bits per heavy atom. The number of benzene rings is 5. The van der Waals surface area contributed by atoms with Gasteiger partial charge in [0.25, 0.3) is 23.6 Å². The number of nitrogens with two attached hydrogens (primary N) is 1. The zero-order valence-electron chi connectivity index (χ0n) is 46.0. The maximum atomic E-state index is 14.4. The number of nitrogen functional groups attached to an aromatic ring is 1. The number of alkyl halides is 3. The van der Waals surface area contributed by atoms with Gasteiger partial charge >= 0.3 is 24.0 Å². The molecule has 0 spiro atoms. The quantitative estimate of drug-likeness (QED) is 0.0163. The number of nitrogens with one attached hydrogen (secondary N) is 5. The third kappa shape index (κ3) is 14.1. The van der Waals surface area contributed by atoms with Crippen LogP contribution in [0.15, 0.2) is 164 Å². The summed E-state index contributed by atoms with van der Waals surface area (Å²) in [4.78, 5) is 123. The van der Waals surface area contributed by atoms with Gasteiger partial charge in [-0.3, -0.25) is 38.0 Å². The van der Waals surface area contributed by atoms with E-state index in [9.17, 15) is 56.3 Å². The van der Waals surface area contributed by atoms with Crippen molar-refractivity contribution in [1.82, 2.24) is 24.4 Å². The molecule has 4 aromatic heterocycles. The maximum Gasteiger partial charge on any atom is 0.471 e. The zero-order valence-corrected chi connectivity index (χ0v) is 46.0. The first-order chi connectivity index (χ1) is 41.8. The Hall–Kier alpha value is -11.6. The predicted molar refractivity (Wildman–Crippen MR) is 309 cm³/mol. The summed E-state index contributed by atoms with van der Waals surface area (Å²) in [5.41, 5.74) is 7.05. The van der Waals surface area contributed by atoms with E-state index >= 15 is 0 Å². The lowest BCUT2D eigenvalue weighted by atomic mass is 10.0. The normalized spacial score (nSPS) is 11.0. The molecule has 9 rings (SSSR count). The number of methoxy groups -OCH3 is 1. The Morgan fingerprint density at radius 2 is 1.15 bits per heavy atom. The van der Waals surface area contributed by atoms with Gasteiger partial charge in [-0.15, -0.1) is 0 Å². The molecule has 0 saturated carbocycles. The molecule has 0 bridgehead atoms. The smallest absolute Gasteiger partial charge is 0.471 e. The van der Waals surface area contributed by atoms with Crippen LogP contribution < -0.4 is 41.8 Å². The minimum absolute atomic E-state index is 0.0000143. The average Bonchev–Trinajstić information content (AvgIpc) is 1.75. The average molecular weight is 1190 g/mol.